The molecule has 0 amide bonds. The highest BCUT2D eigenvalue weighted by Crippen LogP contribution is 2.41. The van der Waals surface area contributed by atoms with Crippen LogP contribution in [0.5, 0.6) is 0 Å². The molecule has 3 fully saturated rings. The lowest BCUT2D eigenvalue weighted by Gasteiger charge is -2.50. The summed E-state index contributed by atoms with van der Waals surface area (Å²) in [5, 5.41) is 7.98. The van der Waals surface area contributed by atoms with Crippen LogP contribution < -0.4 is 0 Å². The van der Waals surface area contributed by atoms with E-state index < -0.39 is 195 Å². The van der Waals surface area contributed by atoms with Gasteiger partial charge in [0.25, 0.3) is 0 Å². The molecule has 0 saturated carbocycles. The summed E-state index contributed by atoms with van der Waals surface area (Å²) >= 11 is 0. The summed E-state index contributed by atoms with van der Waals surface area (Å²) < 4.78 is 88.1. The van der Waals surface area contributed by atoms with Crippen molar-refractivity contribution in [2.24, 2.45) is 0 Å². The van der Waals surface area contributed by atoms with Gasteiger partial charge in [-0.05, 0) is 0 Å². The number of ether oxygens (including phenoxy) is 15. The molecule has 4 heterocycles. The number of carbonyl (C=O) groups is 12. The van der Waals surface area contributed by atoms with Crippen LogP contribution in [0.1, 0.15) is 108 Å². The number of hydrogen-bond donors (Lipinski definition) is 0. The van der Waals surface area contributed by atoms with Crippen molar-refractivity contribution in [1.82, 2.24) is 15.0 Å². The second kappa shape index (κ2) is 25.6. The first-order valence-electron chi connectivity index (χ1n) is 23.8. The second-order valence-corrected chi connectivity index (χ2v) is 17.7. The Morgan fingerprint density at radius 2 is 0.756 bits per heavy atom. The molecule has 424 valence electrons. The molecule has 4 aliphatic rings. The summed E-state index contributed by atoms with van der Waals surface area (Å²) in [6.07, 6.45) is -28.3. The van der Waals surface area contributed by atoms with Gasteiger partial charge in [-0.3, -0.25) is 57.5 Å². The third-order valence-corrected chi connectivity index (χ3v) is 11.6. The fraction of sp³-hybridized carbons (Fsp3) is 0.583. The van der Waals surface area contributed by atoms with Gasteiger partial charge in [-0.1, -0.05) is 29.5 Å². The van der Waals surface area contributed by atoms with Crippen molar-refractivity contribution in [3.05, 3.63) is 46.8 Å². The van der Waals surface area contributed by atoms with Crippen LogP contribution >= 0.6 is 0 Å². The molecule has 0 radical (unpaired) electrons. The van der Waals surface area contributed by atoms with Crippen LogP contribution in [0, 0.1) is 0 Å². The molecule has 6 rings (SSSR count). The Balaban J connectivity index is 1.49. The number of aromatic nitrogens is 3. The molecule has 1 aromatic carbocycles. The van der Waals surface area contributed by atoms with E-state index in [-0.39, 0.29) is 11.1 Å². The molecule has 1 aliphatic carbocycles. The van der Waals surface area contributed by atoms with E-state index in [4.69, 9.17) is 71.1 Å². The zero-order valence-corrected chi connectivity index (χ0v) is 43.5. The van der Waals surface area contributed by atoms with Gasteiger partial charge in [0.15, 0.2) is 67.2 Å². The molecule has 15 atom stereocenters. The maximum atomic E-state index is 14.1. The number of nitrogens with zero attached hydrogens (tertiary/aromatic N) is 3. The molecule has 0 bridgehead atoms. The maximum absolute atomic E-state index is 14.1. The van der Waals surface area contributed by atoms with E-state index in [1.165, 1.54) is 24.3 Å². The molecule has 3 saturated heterocycles. The Labute approximate surface area is 441 Å². The highest BCUT2D eigenvalue weighted by Gasteiger charge is 2.60. The smallest absolute Gasteiger partial charge is 0.303 e. The summed E-state index contributed by atoms with van der Waals surface area (Å²) in [6, 6.07) is 5.79. The van der Waals surface area contributed by atoms with E-state index >= 15 is 0 Å². The Morgan fingerprint density at radius 3 is 1.17 bits per heavy atom. The van der Waals surface area contributed by atoms with Crippen LogP contribution in [0.4, 0.5) is 0 Å². The molecule has 30 nitrogen and oxygen atoms in total. The topological polar surface area (TPSA) is 374 Å². The van der Waals surface area contributed by atoms with Crippen LogP contribution in [-0.2, 0) is 119 Å². The third-order valence-electron chi connectivity index (χ3n) is 11.6. The maximum Gasteiger partial charge on any atom is 0.303 e. The Bertz CT molecular complexity index is 2690. The second-order valence-electron chi connectivity index (χ2n) is 17.7. The van der Waals surface area contributed by atoms with Gasteiger partial charge in [0.2, 0.25) is 11.6 Å². The monoisotopic (exact) mass is 1110 g/mol. The number of esters is 10. The molecular formula is C48H55N3O27. The number of fused-ring (bicyclic) bond motifs is 2. The van der Waals surface area contributed by atoms with E-state index in [0.29, 0.717) is 0 Å². The SMILES string of the molecule is CC(=O)OC[C@H]1O[C@@H](n2nnc3c2C(=O)c2ccccc2C3=O)[C@H](OC(C)=O)[C@@H](OC(C)=O)[C@@H]1O[C@@H]1O[C@H](COC(C)=O)[C@@H](O[C@@H]2O[C@H](COC(C)=O)[C@@H](OC(C)=O)[C@H](OC(C)=O)[C@H]2OC(C)=O)[C@H](OC(C)=O)[C@H]1OC(C)=O. The Kier molecular flexibility index (Phi) is 19.5. The van der Waals surface area contributed by atoms with E-state index in [0.717, 1.165) is 73.9 Å². The van der Waals surface area contributed by atoms with Gasteiger partial charge in [-0.2, -0.15) is 0 Å². The molecule has 0 spiro atoms. The van der Waals surface area contributed by atoms with E-state index in [2.05, 4.69) is 10.3 Å². The van der Waals surface area contributed by atoms with Gasteiger partial charge in [-0.25, -0.2) is 4.68 Å². The minimum atomic E-state index is -2.13. The van der Waals surface area contributed by atoms with Gasteiger partial charge >= 0.3 is 59.7 Å². The molecule has 78 heavy (non-hydrogen) atoms. The molecular weight excluding hydrogens is 1050 g/mol. The first-order valence-corrected chi connectivity index (χ1v) is 23.8. The average molecular weight is 1110 g/mol. The van der Waals surface area contributed by atoms with E-state index in [1.807, 2.05) is 0 Å². The zero-order chi connectivity index (χ0) is 57.4. The lowest BCUT2D eigenvalue weighted by Crippen LogP contribution is -2.68. The highest BCUT2D eigenvalue weighted by atomic mass is 16.8. The number of benzene rings is 1. The minimum absolute atomic E-state index is 0.00157. The summed E-state index contributed by atoms with van der Waals surface area (Å²) in [5.41, 5.74) is -0.931. The van der Waals surface area contributed by atoms with Crippen molar-refractivity contribution in [3.8, 4) is 0 Å². The summed E-state index contributed by atoms with van der Waals surface area (Å²) in [5.74, 6) is -11.5. The summed E-state index contributed by atoms with van der Waals surface area (Å²) in [4.78, 5) is 155. The largest absolute Gasteiger partial charge is 0.463 e. The van der Waals surface area contributed by atoms with E-state index in [9.17, 15) is 57.5 Å². The Morgan fingerprint density at radius 1 is 0.423 bits per heavy atom. The van der Waals surface area contributed by atoms with Gasteiger partial charge in [0.1, 0.15) is 56.0 Å². The quantitative estimate of drug-likeness (QED) is 0.113. The van der Waals surface area contributed by atoms with Crippen LogP contribution in [0.3, 0.4) is 0 Å². The van der Waals surface area contributed by atoms with E-state index in [1.54, 1.807) is 0 Å². The van der Waals surface area contributed by atoms with Gasteiger partial charge in [-0.15, -0.1) is 5.10 Å². The minimum Gasteiger partial charge on any atom is -0.463 e. The lowest BCUT2D eigenvalue weighted by molar-refractivity contribution is -0.375. The van der Waals surface area contributed by atoms with Crippen LogP contribution in [0.2, 0.25) is 0 Å². The number of carbonyl (C=O) groups excluding carboxylic acids is 12. The first-order chi connectivity index (χ1) is 36.7. The van der Waals surface area contributed by atoms with Crippen molar-refractivity contribution >= 4 is 71.3 Å². The Hall–Kier alpha value is -7.80. The molecule has 3 aliphatic heterocycles. The molecule has 0 unspecified atom stereocenters. The molecule has 1 aromatic heterocycles. The fourth-order valence-electron chi connectivity index (χ4n) is 8.94. The normalized spacial score (nSPS) is 29.2. The van der Waals surface area contributed by atoms with Crippen molar-refractivity contribution in [1.29, 1.82) is 0 Å². The van der Waals surface area contributed by atoms with Crippen LogP contribution in [0.15, 0.2) is 24.3 Å². The number of rotatable bonds is 18. The van der Waals surface area contributed by atoms with Crippen molar-refractivity contribution in [3.63, 3.8) is 0 Å². The number of ketones is 2. The molecule has 2 aromatic rings. The average Bonchev–Trinajstić information content (AvgIpc) is 3.95. The van der Waals surface area contributed by atoms with Crippen LogP contribution in [-0.4, -0.2) is 192 Å². The first kappa shape index (κ1) is 59.4. The van der Waals surface area contributed by atoms with Gasteiger partial charge < -0.3 is 71.1 Å². The van der Waals surface area contributed by atoms with Crippen molar-refractivity contribution in [2.45, 2.75) is 161 Å². The van der Waals surface area contributed by atoms with Crippen molar-refractivity contribution < 1.29 is 129 Å². The molecule has 30 heteroatoms. The molecule has 0 N–H and O–H groups in total. The standard InChI is InChI=1S/C48H55N3O27/c1-18(52)64-15-30-38(40(68-22(5)56)43(71-25(8)59)46(74-30)51-34-33(49-50-51)35(62)28-13-11-12-14-29(28)36(34)63)77-48-45(73-27(10)61)42(70-24(7)58)39(32(76-48)17-66-20(3)54)78-47-44(72-26(9)60)41(69-23(6)57)37(67-21(4)55)31(75-47)16-65-19(2)53/h11-14,30-32,37-48H,15-17H2,1-10H3/t30-,31-,32-,37-,38-,39-,40+,41+,42+,43-,44-,45-,46-,47+,48+/m1/s1. The lowest BCUT2D eigenvalue weighted by atomic mass is 9.89. The summed E-state index contributed by atoms with van der Waals surface area (Å²) in [7, 11) is 0. The van der Waals surface area contributed by atoms with Crippen molar-refractivity contribution in [2.75, 3.05) is 19.8 Å². The van der Waals surface area contributed by atoms with Gasteiger partial charge in [0, 0.05) is 80.4 Å². The predicted octanol–water partition coefficient (Wildman–Crippen LogP) is -0.618. The van der Waals surface area contributed by atoms with Gasteiger partial charge in [0.05, 0.1) is 0 Å². The zero-order valence-electron chi connectivity index (χ0n) is 43.5. The third kappa shape index (κ3) is 14.2. The van der Waals surface area contributed by atoms with Crippen LogP contribution in [0.25, 0.3) is 0 Å². The number of hydrogen-bond acceptors (Lipinski definition) is 29. The highest BCUT2D eigenvalue weighted by molar-refractivity contribution is 6.27. The fourth-order valence-corrected chi connectivity index (χ4v) is 8.94. The predicted molar refractivity (Wildman–Crippen MR) is 243 cm³/mol. The summed E-state index contributed by atoms with van der Waals surface area (Å²) in [6.45, 7) is 7.33.